The molecule has 10 heavy (non-hydrogen) atoms. The van der Waals surface area contributed by atoms with Crippen LogP contribution in [-0.2, 0) is 14.3 Å². The molecule has 0 unspecified atom stereocenters. The zero-order valence-corrected chi connectivity index (χ0v) is 6.23. The summed E-state index contributed by atoms with van der Waals surface area (Å²) in [5, 5.41) is 0. The highest BCUT2D eigenvalue weighted by atomic mass is 32.2. The van der Waals surface area contributed by atoms with Crippen LogP contribution in [0.1, 0.15) is 6.92 Å². The molecule has 0 radical (unpaired) electrons. The molecule has 1 rings (SSSR count). The van der Waals surface area contributed by atoms with Crippen molar-refractivity contribution in [1.82, 2.24) is 0 Å². The van der Waals surface area contributed by atoms with Gasteiger partial charge in [-0.25, -0.2) is 0 Å². The van der Waals surface area contributed by atoms with E-state index in [-0.39, 0.29) is 11.5 Å². The second kappa shape index (κ2) is 2.11. The van der Waals surface area contributed by atoms with Gasteiger partial charge >= 0.3 is 0 Å². The number of allylic oxidation sites excluding steroid dienone is 1. The molecule has 0 fully saturated rings. The van der Waals surface area contributed by atoms with Crippen molar-refractivity contribution in [2.24, 2.45) is 0 Å². The summed E-state index contributed by atoms with van der Waals surface area (Å²) in [6, 6.07) is 0. The second-order valence-corrected chi connectivity index (χ2v) is 3.65. The van der Waals surface area contributed by atoms with E-state index in [1.165, 1.54) is 6.92 Å². The topological polar surface area (TPSA) is 43.4 Å². The van der Waals surface area contributed by atoms with Crippen LogP contribution < -0.4 is 0 Å². The van der Waals surface area contributed by atoms with Gasteiger partial charge in [0.1, 0.15) is 6.61 Å². The first kappa shape index (κ1) is 7.32. The monoisotopic (exact) mass is 158 g/mol. The molecule has 1 heterocycles. The Balaban J connectivity index is 3.23. The molecule has 54 valence electrons. The van der Waals surface area contributed by atoms with Crippen LogP contribution in [0.5, 0.6) is 0 Å². The van der Waals surface area contributed by atoms with Gasteiger partial charge in [0.05, 0.1) is 4.91 Å². The Morgan fingerprint density at radius 3 is 2.50 bits per heavy atom. The summed E-state index contributed by atoms with van der Waals surface area (Å²) in [5.41, 5.74) is 0.417. The molecule has 0 amide bonds. The van der Waals surface area contributed by atoms with Crippen molar-refractivity contribution in [2.45, 2.75) is 6.92 Å². The zero-order valence-electron chi connectivity index (χ0n) is 5.42. The summed E-state index contributed by atoms with van der Waals surface area (Å²) in [4.78, 5) is 0.162. The lowest BCUT2D eigenvalue weighted by molar-refractivity contribution is 0.370. The molecule has 0 saturated carbocycles. The zero-order chi connectivity index (χ0) is 7.78. The summed E-state index contributed by atoms with van der Waals surface area (Å²) < 4.78 is 25.9. The highest BCUT2D eigenvalue weighted by molar-refractivity contribution is 7.90. The SMILES string of the molecule is C#CC1=C(C)S(=O)(=O)OC1. The molecule has 0 atom stereocenters. The lowest BCUT2D eigenvalue weighted by atomic mass is 10.3. The highest BCUT2D eigenvalue weighted by Gasteiger charge is 2.25. The number of rotatable bonds is 0. The van der Waals surface area contributed by atoms with Crippen LogP contribution in [0.3, 0.4) is 0 Å². The van der Waals surface area contributed by atoms with Crippen molar-refractivity contribution < 1.29 is 12.6 Å². The molecule has 0 saturated heterocycles. The predicted octanol–water partition coefficient (Wildman–Crippen LogP) is 0.254. The molecule has 0 aliphatic carbocycles. The Bertz CT molecular complexity index is 315. The van der Waals surface area contributed by atoms with Gasteiger partial charge < -0.3 is 0 Å². The first-order valence-electron chi connectivity index (χ1n) is 2.64. The first-order chi connectivity index (χ1) is 4.58. The van der Waals surface area contributed by atoms with Crippen molar-refractivity contribution in [2.75, 3.05) is 6.61 Å². The third kappa shape index (κ3) is 0.939. The smallest absolute Gasteiger partial charge is 0.261 e. The molecular formula is C6H6O3S. The summed E-state index contributed by atoms with van der Waals surface area (Å²) in [7, 11) is -3.45. The van der Waals surface area contributed by atoms with Crippen LogP contribution in [0.2, 0.25) is 0 Å². The van der Waals surface area contributed by atoms with Gasteiger partial charge in [-0.1, -0.05) is 5.92 Å². The van der Waals surface area contributed by atoms with E-state index in [1.54, 1.807) is 0 Å². The lowest BCUT2D eigenvalue weighted by Gasteiger charge is -1.89. The molecule has 1 aliphatic rings. The van der Waals surface area contributed by atoms with Gasteiger partial charge in [0.15, 0.2) is 0 Å². The molecule has 0 bridgehead atoms. The fourth-order valence-corrected chi connectivity index (χ4v) is 1.49. The van der Waals surface area contributed by atoms with Crippen LogP contribution in [0.4, 0.5) is 0 Å². The van der Waals surface area contributed by atoms with E-state index in [9.17, 15) is 8.42 Å². The van der Waals surface area contributed by atoms with Crippen LogP contribution in [0.15, 0.2) is 10.5 Å². The number of hydrogen-bond acceptors (Lipinski definition) is 3. The van der Waals surface area contributed by atoms with E-state index in [0.717, 1.165) is 0 Å². The average molecular weight is 158 g/mol. The number of hydrogen-bond donors (Lipinski definition) is 0. The van der Waals surface area contributed by atoms with E-state index in [4.69, 9.17) is 6.42 Å². The summed E-state index contributed by atoms with van der Waals surface area (Å²) in [5.74, 6) is 2.24. The molecular weight excluding hydrogens is 152 g/mol. The molecule has 4 heteroatoms. The highest BCUT2D eigenvalue weighted by Crippen LogP contribution is 2.21. The summed E-state index contributed by atoms with van der Waals surface area (Å²) in [6.07, 6.45) is 4.99. The Kier molecular flexibility index (Phi) is 1.55. The minimum absolute atomic E-state index is 0.0185. The maximum Gasteiger partial charge on any atom is 0.294 e. The third-order valence-corrected chi connectivity index (χ3v) is 2.76. The van der Waals surface area contributed by atoms with Crippen LogP contribution in [-0.4, -0.2) is 15.0 Å². The van der Waals surface area contributed by atoms with Gasteiger partial charge in [-0.15, -0.1) is 6.42 Å². The first-order valence-corrected chi connectivity index (χ1v) is 4.04. The average Bonchev–Trinajstić information content (AvgIpc) is 2.10. The molecule has 0 aromatic heterocycles. The van der Waals surface area contributed by atoms with E-state index < -0.39 is 10.1 Å². The maximum atomic E-state index is 10.8. The summed E-state index contributed by atoms with van der Waals surface area (Å²) in [6.45, 7) is 1.46. The normalized spacial score (nSPS) is 22.8. The molecule has 0 spiro atoms. The molecule has 1 aliphatic heterocycles. The Morgan fingerprint density at radius 2 is 2.30 bits per heavy atom. The third-order valence-electron chi connectivity index (χ3n) is 1.33. The van der Waals surface area contributed by atoms with Gasteiger partial charge in [0, 0.05) is 5.57 Å². The van der Waals surface area contributed by atoms with Gasteiger partial charge in [-0.05, 0) is 6.92 Å². The lowest BCUT2D eigenvalue weighted by Crippen LogP contribution is -1.97. The van der Waals surface area contributed by atoms with E-state index in [1.807, 2.05) is 0 Å². The van der Waals surface area contributed by atoms with Gasteiger partial charge in [-0.3, -0.25) is 4.18 Å². The molecule has 0 N–H and O–H groups in total. The second-order valence-electron chi connectivity index (χ2n) is 1.90. The largest absolute Gasteiger partial charge is 0.294 e. The van der Waals surface area contributed by atoms with Crippen molar-refractivity contribution >= 4 is 10.1 Å². The molecule has 0 aromatic rings. The van der Waals surface area contributed by atoms with Crippen LogP contribution in [0, 0.1) is 12.3 Å². The standard InChI is InChI=1S/C6H6O3S/c1-3-6-4-9-10(7,8)5(6)2/h1H,4H2,2H3. The van der Waals surface area contributed by atoms with E-state index in [2.05, 4.69) is 10.1 Å². The minimum Gasteiger partial charge on any atom is -0.261 e. The Hall–Kier alpha value is -0.790. The van der Waals surface area contributed by atoms with Crippen LogP contribution >= 0.6 is 0 Å². The van der Waals surface area contributed by atoms with E-state index >= 15 is 0 Å². The maximum absolute atomic E-state index is 10.8. The van der Waals surface area contributed by atoms with Crippen LogP contribution in [0.25, 0.3) is 0 Å². The van der Waals surface area contributed by atoms with E-state index in [0.29, 0.717) is 5.57 Å². The van der Waals surface area contributed by atoms with Crippen molar-refractivity contribution in [1.29, 1.82) is 0 Å². The van der Waals surface area contributed by atoms with Gasteiger partial charge in [0.25, 0.3) is 10.1 Å². The summed E-state index contributed by atoms with van der Waals surface area (Å²) >= 11 is 0. The fraction of sp³-hybridized carbons (Fsp3) is 0.333. The van der Waals surface area contributed by atoms with Gasteiger partial charge in [0.2, 0.25) is 0 Å². The van der Waals surface area contributed by atoms with Crippen molar-refractivity contribution in [3.8, 4) is 12.3 Å². The van der Waals surface area contributed by atoms with Crippen molar-refractivity contribution in [3.05, 3.63) is 10.5 Å². The molecule has 3 nitrogen and oxygen atoms in total. The number of terminal acetylenes is 1. The Morgan fingerprint density at radius 1 is 1.70 bits per heavy atom. The Labute approximate surface area is 59.8 Å². The van der Waals surface area contributed by atoms with Crippen molar-refractivity contribution in [3.63, 3.8) is 0 Å². The van der Waals surface area contributed by atoms with Gasteiger partial charge in [-0.2, -0.15) is 8.42 Å². The quantitative estimate of drug-likeness (QED) is 0.375. The minimum atomic E-state index is -3.45. The predicted molar refractivity (Wildman–Crippen MR) is 36.4 cm³/mol. The molecule has 0 aromatic carbocycles. The fourth-order valence-electron chi connectivity index (χ4n) is 0.621.